The van der Waals surface area contributed by atoms with Crippen LogP contribution < -0.4 is 0 Å². The Morgan fingerprint density at radius 2 is 1.64 bits per heavy atom. The largest absolute Gasteiger partial charge is 0.343 e. The number of aryl methyl sites for hydroxylation is 1. The third-order valence-electron chi connectivity index (χ3n) is 3.17. The SMILES string of the molecule is Cc1c[c-]n(-c2ccccn2)n1.[Ir].[c-]1ccccc1-c1ccccn1. The number of rotatable bonds is 2. The Morgan fingerprint density at radius 3 is 2.20 bits per heavy atom. The molecule has 3 aromatic heterocycles. The average Bonchev–Trinajstić information content (AvgIpc) is 3.11. The summed E-state index contributed by atoms with van der Waals surface area (Å²) in [4.78, 5) is 8.35. The summed E-state index contributed by atoms with van der Waals surface area (Å²) < 4.78 is 1.63. The van der Waals surface area contributed by atoms with E-state index >= 15 is 0 Å². The third-order valence-corrected chi connectivity index (χ3v) is 3.17. The van der Waals surface area contributed by atoms with Gasteiger partial charge in [0.1, 0.15) is 0 Å². The molecule has 0 saturated heterocycles. The zero-order valence-electron chi connectivity index (χ0n) is 13.6. The molecule has 4 aromatic rings. The van der Waals surface area contributed by atoms with Crippen molar-refractivity contribution in [3.63, 3.8) is 0 Å². The molecule has 4 rings (SSSR count). The van der Waals surface area contributed by atoms with E-state index in [4.69, 9.17) is 0 Å². The Bertz CT molecular complexity index is 824. The predicted octanol–water partition coefficient (Wildman–Crippen LogP) is 3.92. The van der Waals surface area contributed by atoms with Crippen molar-refractivity contribution in [2.45, 2.75) is 6.92 Å². The first-order valence-corrected chi connectivity index (χ1v) is 7.57. The van der Waals surface area contributed by atoms with Crippen molar-refractivity contribution in [3.05, 3.63) is 97.1 Å². The van der Waals surface area contributed by atoms with Gasteiger partial charge in [0.25, 0.3) is 0 Å². The first kappa shape index (κ1) is 18.7. The summed E-state index contributed by atoms with van der Waals surface area (Å²) in [5, 5.41) is 4.18. The van der Waals surface area contributed by atoms with Crippen LogP contribution in [0.4, 0.5) is 0 Å². The van der Waals surface area contributed by atoms with E-state index in [1.54, 1.807) is 17.1 Å². The molecule has 0 aliphatic heterocycles. The molecule has 0 unspecified atom stereocenters. The molecule has 0 bridgehead atoms. The summed E-state index contributed by atoms with van der Waals surface area (Å²) in [5.41, 5.74) is 2.96. The van der Waals surface area contributed by atoms with Crippen LogP contribution in [0.1, 0.15) is 5.69 Å². The molecule has 0 aliphatic rings. The van der Waals surface area contributed by atoms with Crippen LogP contribution in [-0.2, 0) is 20.1 Å². The van der Waals surface area contributed by atoms with Gasteiger partial charge in [0.15, 0.2) is 0 Å². The first-order chi connectivity index (χ1) is 11.8. The Morgan fingerprint density at radius 1 is 0.880 bits per heavy atom. The van der Waals surface area contributed by atoms with Crippen molar-refractivity contribution in [2.24, 2.45) is 0 Å². The van der Waals surface area contributed by atoms with Gasteiger partial charge < -0.3 is 14.6 Å². The van der Waals surface area contributed by atoms with Gasteiger partial charge in [-0.1, -0.05) is 37.4 Å². The molecule has 127 valence electrons. The fraction of sp³-hybridized carbons (Fsp3) is 0.0500. The van der Waals surface area contributed by atoms with E-state index in [0.717, 1.165) is 22.8 Å². The normalized spacial score (nSPS) is 9.48. The molecular weight excluding hydrogens is 488 g/mol. The minimum absolute atomic E-state index is 0. The van der Waals surface area contributed by atoms with Crippen molar-refractivity contribution < 1.29 is 20.1 Å². The van der Waals surface area contributed by atoms with Crippen molar-refractivity contribution >= 4 is 0 Å². The molecule has 3 heterocycles. The predicted molar refractivity (Wildman–Crippen MR) is 93.4 cm³/mol. The molecule has 0 saturated carbocycles. The molecule has 4 nitrogen and oxygen atoms in total. The van der Waals surface area contributed by atoms with Crippen LogP contribution in [-0.4, -0.2) is 19.7 Å². The van der Waals surface area contributed by atoms with Gasteiger partial charge in [0.05, 0.1) is 5.82 Å². The number of hydrogen-bond acceptors (Lipinski definition) is 3. The number of aromatic nitrogens is 4. The minimum atomic E-state index is 0. The van der Waals surface area contributed by atoms with Gasteiger partial charge in [-0.15, -0.1) is 42.0 Å². The van der Waals surface area contributed by atoms with Gasteiger partial charge in [-0.25, -0.2) is 0 Å². The van der Waals surface area contributed by atoms with E-state index in [-0.39, 0.29) is 20.1 Å². The van der Waals surface area contributed by atoms with Crippen LogP contribution >= 0.6 is 0 Å². The van der Waals surface area contributed by atoms with Gasteiger partial charge in [0, 0.05) is 32.5 Å². The maximum absolute atomic E-state index is 4.22. The molecule has 0 fully saturated rings. The van der Waals surface area contributed by atoms with E-state index in [1.165, 1.54) is 0 Å². The summed E-state index contributed by atoms with van der Waals surface area (Å²) >= 11 is 0. The van der Waals surface area contributed by atoms with Gasteiger partial charge >= 0.3 is 0 Å². The molecule has 0 aliphatic carbocycles. The van der Waals surface area contributed by atoms with Crippen LogP contribution in [0, 0.1) is 19.2 Å². The summed E-state index contributed by atoms with van der Waals surface area (Å²) in [6.45, 7) is 1.93. The van der Waals surface area contributed by atoms with Crippen LogP contribution in [0.15, 0.2) is 79.1 Å². The van der Waals surface area contributed by atoms with Crippen molar-refractivity contribution in [1.29, 1.82) is 0 Å². The Kier molecular flexibility index (Phi) is 7.20. The second kappa shape index (κ2) is 9.62. The Labute approximate surface area is 160 Å². The minimum Gasteiger partial charge on any atom is -0.343 e. The van der Waals surface area contributed by atoms with Gasteiger partial charge in [0.2, 0.25) is 0 Å². The van der Waals surface area contributed by atoms with Gasteiger partial charge in [-0.3, -0.25) is 5.10 Å². The quantitative estimate of drug-likeness (QED) is 0.389. The molecule has 0 amide bonds. The fourth-order valence-corrected chi connectivity index (χ4v) is 2.04. The third kappa shape index (κ3) is 5.45. The molecule has 0 spiro atoms. The second-order valence-electron chi connectivity index (χ2n) is 5.01. The molecule has 1 aromatic carbocycles. The van der Waals surface area contributed by atoms with E-state index in [2.05, 4.69) is 27.3 Å². The van der Waals surface area contributed by atoms with Gasteiger partial charge in [-0.2, -0.15) is 0 Å². The maximum atomic E-state index is 4.22. The first-order valence-electron chi connectivity index (χ1n) is 7.57. The number of nitrogens with zero attached hydrogens (tertiary/aromatic N) is 4. The summed E-state index contributed by atoms with van der Waals surface area (Å²) in [6.07, 6.45) is 6.49. The molecule has 5 heteroatoms. The zero-order valence-corrected chi connectivity index (χ0v) is 16.0. The zero-order chi connectivity index (χ0) is 16.6. The Balaban J connectivity index is 0.000000173. The van der Waals surface area contributed by atoms with Crippen molar-refractivity contribution in [2.75, 3.05) is 0 Å². The topological polar surface area (TPSA) is 43.6 Å². The molecule has 0 atom stereocenters. The molecular formula is C20H16IrN4-2. The fourth-order valence-electron chi connectivity index (χ4n) is 2.04. The van der Waals surface area contributed by atoms with E-state index < -0.39 is 0 Å². The molecule has 25 heavy (non-hydrogen) atoms. The van der Waals surface area contributed by atoms with Crippen LogP contribution in [0.5, 0.6) is 0 Å². The number of hydrogen-bond donors (Lipinski definition) is 0. The number of benzene rings is 1. The molecule has 1 radical (unpaired) electrons. The van der Waals surface area contributed by atoms with Gasteiger partial charge in [-0.05, 0) is 23.5 Å². The van der Waals surface area contributed by atoms with Crippen molar-refractivity contribution in [1.82, 2.24) is 19.7 Å². The second-order valence-corrected chi connectivity index (χ2v) is 5.01. The number of pyridine rings is 2. The van der Waals surface area contributed by atoms with E-state index in [1.807, 2.05) is 73.7 Å². The standard InChI is InChI=1S/C11H8N.C9H8N3.Ir/c1-2-6-10(7-3-1)11-8-4-5-9-12-11;1-8-5-7-12(11-8)9-4-2-3-6-10-9;/h1-6,8-9H;2-6H,1H3;/q2*-1;. The van der Waals surface area contributed by atoms with Crippen LogP contribution in [0.2, 0.25) is 0 Å². The van der Waals surface area contributed by atoms with E-state index in [9.17, 15) is 0 Å². The average molecular weight is 505 g/mol. The monoisotopic (exact) mass is 505 g/mol. The smallest absolute Gasteiger partial charge is 0.0519 e. The maximum Gasteiger partial charge on any atom is 0.0519 e. The van der Waals surface area contributed by atoms with Crippen LogP contribution in [0.25, 0.3) is 17.1 Å². The van der Waals surface area contributed by atoms with E-state index in [0.29, 0.717) is 0 Å². The molecule has 0 N–H and O–H groups in total. The summed E-state index contributed by atoms with van der Waals surface area (Å²) in [5.74, 6) is 0.797. The summed E-state index contributed by atoms with van der Waals surface area (Å²) in [6, 6.07) is 24.3. The summed E-state index contributed by atoms with van der Waals surface area (Å²) in [7, 11) is 0. The van der Waals surface area contributed by atoms with Crippen molar-refractivity contribution in [3.8, 4) is 17.1 Å². The van der Waals surface area contributed by atoms with Crippen LogP contribution in [0.3, 0.4) is 0 Å². The Hall–Kier alpha value is -2.62.